The van der Waals surface area contributed by atoms with E-state index in [1.165, 1.54) is 17.7 Å². The fourth-order valence-electron chi connectivity index (χ4n) is 5.09. The number of piperazine rings is 1. The fraction of sp³-hybridized carbons (Fsp3) is 0.333. The van der Waals surface area contributed by atoms with Gasteiger partial charge in [-0.2, -0.15) is 0 Å². The molecule has 5 heteroatoms. The molecule has 1 radical (unpaired) electrons. The summed E-state index contributed by atoms with van der Waals surface area (Å²) in [5, 5.41) is 2.93. The van der Waals surface area contributed by atoms with Crippen molar-refractivity contribution in [2.75, 3.05) is 19.6 Å². The molecule has 1 heterocycles. The summed E-state index contributed by atoms with van der Waals surface area (Å²) in [5.74, 6) is -0.460. The van der Waals surface area contributed by atoms with Crippen LogP contribution in [0.5, 0.6) is 0 Å². The Morgan fingerprint density at radius 2 is 2.00 bits per heavy atom. The van der Waals surface area contributed by atoms with Crippen molar-refractivity contribution < 1.29 is 9.18 Å². The van der Waals surface area contributed by atoms with Gasteiger partial charge in [-0.05, 0) is 67.7 Å². The molecule has 0 spiro atoms. The van der Waals surface area contributed by atoms with Crippen molar-refractivity contribution in [1.82, 2.24) is 15.1 Å². The van der Waals surface area contributed by atoms with E-state index in [4.69, 9.17) is 0 Å². The van der Waals surface area contributed by atoms with Crippen molar-refractivity contribution in [1.29, 1.82) is 0 Å². The molecule has 4 rings (SSSR count). The third kappa shape index (κ3) is 6.16. The van der Waals surface area contributed by atoms with Crippen LogP contribution in [0.15, 0.2) is 85.0 Å². The lowest BCUT2D eigenvalue weighted by atomic mass is 9.88. The van der Waals surface area contributed by atoms with Crippen LogP contribution in [-0.2, 0) is 6.54 Å². The van der Waals surface area contributed by atoms with Gasteiger partial charge in [-0.3, -0.25) is 14.6 Å². The molecular formula is C30H35FN3O. The molecule has 0 aromatic heterocycles. The number of halogens is 1. The molecular weight excluding hydrogens is 437 g/mol. The Morgan fingerprint density at radius 3 is 2.74 bits per heavy atom. The molecule has 2 aliphatic rings. The zero-order valence-corrected chi connectivity index (χ0v) is 20.7. The molecule has 1 N–H and O–H groups in total. The van der Waals surface area contributed by atoms with Crippen molar-refractivity contribution in [2.24, 2.45) is 0 Å². The van der Waals surface area contributed by atoms with E-state index < -0.39 is 0 Å². The average molecular weight is 473 g/mol. The predicted molar refractivity (Wildman–Crippen MR) is 140 cm³/mol. The Kier molecular flexibility index (Phi) is 8.32. The minimum Gasteiger partial charge on any atom is -0.348 e. The molecule has 0 bridgehead atoms. The Balaban J connectivity index is 1.58. The van der Waals surface area contributed by atoms with Crippen molar-refractivity contribution >= 4 is 5.91 Å². The summed E-state index contributed by atoms with van der Waals surface area (Å²) in [6.45, 7) is 11.6. The maximum Gasteiger partial charge on any atom is 0.251 e. The van der Waals surface area contributed by atoms with Gasteiger partial charge in [-0.25, -0.2) is 4.39 Å². The molecule has 3 atom stereocenters. The SMILES string of the molecule is C=CCN1C[C@H](C)N([C@H](C2=CC=CC[CH]2)c2cccc(C(=O)NCc3cccc(F)c3)c2)C[C@H]1C. The molecule has 1 amide bonds. The Labute approximate surface area is 208 Å². The largest absolute Gasteiger partial charge is 0.348 e. The maximum absolute atomic E-state index is 13.5. The lowest BCUT2D eigenvalue weighted by molar-refractivity contribution is 0.0299. The maximum atomic E-state index is 13.5. The molecule has 2 aromatic carbocycles. The molecule has 4 nitrogen and oxygen atoms in total. The van der Waals surface area contributed by atoms with E-state index in [9.17, 15) is 9.18 Å². The van der Waals surface area contributed by atoms with Crippen LogP contribution in [0.25, 0.3) is 0 Å². The topological polar surface area (TPSA) is 35.6 Å². The summed E-state index contributed by atoms with van der Waals surface area (Å²) in [5.41, 5.74) is 3.72. The number of nitrogens with one attached hydrogen (secondary N) is 1. The number of hydrogen-bond donors (Lipinski definition) is 1. The van der Waals surface area contributed by atoms with Gasteiger partial charge in [0.05, 0.1) is 6.04 Å². The van der Waals surface area contributed by atoms with Crippen LogP contribution in [0.4, 0.5) is 4.39 Å². The minimum atomic E-state index is -0.302. The normalized spacial score (nSPS) is 21.9. The second-order valence-corrected chi connectivity index (χ2v) is 9.51. The zero-order chi connectivity index (χ0) is 24.8. The van der Waals surface area contributed by atoms with Crippen LogP contribution in [0.3, 0.4) is 0 Å². The zero-order valence-electron chi connectivity index (χ0n) is 20.7. The third-order valence-corrected chi connectivity index (χ3v) is 6.90. The molecule has 2 aromatic rings. The molecule has 183 valence electrons. The highest BCUT2D eigenvalue weighted by Gasteiger charge is 2.35. The number of carbonyl (C=O) groups excluding carboxylic acids is 1. The van der Waals surface area contributed by atoms with E-state index in [0.29, 0.717) is 17.6 Å². The lowest BCUT2D eigenvalue weighted by Gasteiger charge is -2.48. The van der Waals surface area contributed by atoms with Crippen LogP contribution >= 0.6 is 0 Å². The Bertz CT molecular complexity index is 1110. The van der Waals surface area contributed by atoms with E-state index in [2.05, 4.69) is 66.3 Å². The number of benzene rings is 2. The lowest BCUT2D eigenvalue weighted by Crippen LogP contribution is -2.57. The van der Waals surface area contributed by atoms with Crippen LogP contribution < -0.4 is 5.32 Å². The smallest absolute Gasteiger partial charge is 0.251 e. The van der Waals surface area contributed by atoms with Gasteiger partial charge in [0.25, 0.3) is 5.91 Å². The highest BCUT2D eigenvalue weighted by molar-refractivity contribution is 5.94. The van der Waals surface area contributed by atoms with Crippen LogP contribution in [0.1, 0.15) is 47.8 Å². The summed E-state index contributed by atoms with van der Waals surface area (Å²) in [6.07, 6.45) is 11.7. The number of hydrogen-bond acceptors (Lipinski definition) is 3. The minimum absolute atomic E-state index is 0.0688. The van der Waals surface area contributed by atoms with Gasteiger partial charge >= 0.3 is 0 Å². The van der Waals surface area contributed by atoms with Crippen molar-refractivity contribution in [3.63, 3.8) is 0 Å². The highest BCUT2D eigenvalue weighted by atomic mass is 19.1. The van der Waals surface area contributed by atoms with Gasteiger partial charge in [0.1, 0.15) is 5.82 Å². The van der Waals surface area contributed by atoms with Crippen molar-refractivity contribution in [3.8, 4) is 0 Å². The summed E-state index contributed by atoms with van der Waals surface area (Å²) in [4.78, 5) is 18.0. The van der Waals surface area contributed by atoms with Gasteiger partial charge in [-0.15, -0.1) is 6.58 Å². The number of nitrogens with zero attached hydrogens (tertiary/aromatic N) is 2. The fourth-order valence-corrected chi connectivity index (χ4v) is 5.09. The molecule has 0 unspecified atom stereocenters. The number of amides is 1. The Morgan fingerprint density at radius 1 is 1.17 bits per heavy atom. The third-order valence-electron chi connectivity index (χ3n) is 6.90. The molecule has 1 aliphatic carbocycles. The highest BCUT2D eigenvalue weighted by Crippen LogP contribution is 2.36. The number of allylic oxidation sites excluding steroid dienone is 3. The van der Waals surface area contributed by atoms with E-state index in [-0.39, 0.29) is 24.3 Å². The van der Waals surface area contributed by atoms with E-state index in [1.54, 1.807) is 6.07 Å². The Hall–Kier alpha value is -3.02. The molecule has 1 saturated heterocycles. The van der Waals surface area contributed by atoms with Gasteiger partial charge in [0.2, 0.25) is 0 Å². The quantitative estimate of drug-likeness (QED) is 0.518. The van der Waals surface area contributed by atoms with Crippen molar-refractivity contribution in [3.05, 3.63) is 114 Å². The van der Waals surface area contributed by atoms with Crippen LogP contribution in [0.2, 0.25) is 0 Å². The summed E-state index contributed by atoms with van der Waals surface area (Å²) >= 11 is 0. The summed E-state index contributed by atoms with van der Waals surface area (Å²) < 4.78 is 13.5. The molecule has 0 saturated carbocycles. The van der Waals surface area contributed by atoms with Gasteiger partial charge < -0.3 is 5.32 Å². The van der Waals surface area contributed by atoms with Gasteiger partial charge in [0, 0.05) is 43.8 Å². The first-order valence-corrected chi connectivity index (χ1v) is 12.4. The molecule has 1 aliphatic heterocycles. The first-order valence-electron chi connectivity index (χ1n) is 12.4. The summed E-state index contributed by atoms with van der Waals surface area (Å²) in [6, 6.07) is 15.1. The van der Waals surface area contributed by atoms with E-state index in [0.717, 1.165) is 37.2 Å². The monoisotopic (exact) mass is 472 g/mol. The van der Waals surface area contributed by atoms with Gasteiger partial charge in [-0.1, -0.05) is 48.6 Å². The average Bonchev–Trinajstić information content (AvgIpc) is 2.86. The van der Waals surface area contributed by atoms with Crippen LogP contribution in [0, 0.1) is 12.2 Å². The predicted octanol–water partition coefficient (Wildman–Crippen LogP) is 5.47. The first kappa shape index (κ1) is 25.1. The van der Waals surface area contributed by atoms with Crippen LogP contribution in [-0.4, -0.2) is 47.4 Å². The number of carbonyl (C=O) groups is 1. The summed E-state index contributed by atoms with van der Waals surface area (Å²) in [7, 11) is 0. The second kappa shape index (κ2) is 11.6. The second-order valence-electron chi connectivity index (χ2n) is 9.51. The number of rotatable bonds is 8. The van der Waals surface area contributed by atoms with E-state index >= 15 is 0 Å². The van der Waals surface area contributed by atoms with E-state index in [1.807, 2.05) is 30.3 Å². The van der Waals surface area contributed by atoms with Crippen molar-refractivity contribution in [2.45, 2.75) is 44.9 Å². The molecule has 1 fully saturated rings. The van der Waals surface area contributed by atoms with Gasteiger partial charge in [0.15, 0.2) is 0 Å². The standard InChI is InChI=1S/C30H35FN3O/c1-4-16-33-20-23(3)34(21-22(33)2)29(25-11-6-5-7-12-25)26-13-9-14-27(18-26)30(35)32-19-24-10-8-15-28(31)17-24/h4-6,8-15,17-18,22-23,29H,1,7,16,19-21H2,2-3H3,(H,32,35)/t22-,23+,29-/m1/s1. The first-order chi connectivity index (χ1) is 17.0. The molecule has 35 heavy (non-hydrogen) atoms.